The van der Waals surface area contributed by atoms with Crippen LogP contribution in [0.5, 0.6) is 17.2 Å². The predicted octanol–water partition coefficient (Wildman–Crippen LogP) is 22.0. The highest BCUT2D eigenvalue weighted by molar-refractivity contribution is 5.61. The fourth-order valence-corrected chi connectivity index (χ4v) is 14.0. The molecule has 123 heavy (non-hydrogen) atoms. The highest BCUT2D eigenvalue weighted by atomic mass is 16.6. The monoisotopic (exact) mass is 1670 g/mol. The normalized spacial score (nSPS) is 11.3. The van der Waals surface area contributed by atoms with Crippen molar-refractivity contribution < 1.29 is 29.0 Å². The van der Waals surface area contributed by atoms with E-state index in [0.717, 1.165) is 206 Å². The lowest BCUT2D eigenvalue weighted by molar-refractivity contribution is -0.385. The van der Waals surface area contributed by atoms with Crippen LogP contribution in [0.25, 0.3) is 0 Å². The van der Waals surface area contributed by atoms with Gasteiger partial charge < -0.3 is 28.9 Å². The number of aryl methyl sites for hydroxylation is 3. The minimum atomic E-state index is -0.469. The summed E-state index contributed by atoms with van der Waals surface area (Å²) >= 11 is 0. The van der Waals surface area contributed by atoms with Crippen molar-refractivity contribution in [1.82, 2.24) is 45.0 Å². The summed E-state index contributed by atoms with van der Waals surface area (Å²) in [7, 11) is 0. The van der Waals surface area contributed by atoms with Crippen molar-refractivity contribution in [3.05, 3.63) is 228 Å². The number of nitro groups is 3. The molecule has 0 aliphatic carbocycles. The molecule has 3 heterocycles. The molecule has 0 N–H and O–H groups in total. The Morgan fingerprint density at radius 1 is 0.350 bits per heavy atom. The van der Waals surface area contributed by atoms with E-state index in [2.05, 4.69) is 154 Å². The zero-order valence-electron chi connectivity index (χ0n) is 70.8. The van der Waals surface area contributed by atoms with Gasteiger partial charge >= 0.3 is 0 Å². The minimum absolute atomic E-state index is 0.103. The van der Waals surface area contributed by atoms with Gasteiger partial charge in [0.25, 0.3) is 17.1 Å². The zero-order chi connectivity index (χ0) is 86.6. The first-order valence-electron chi connectivity index (χ1n) is 42.8. The Morgan fingerprint density at radius 2 is 0.626 bits per heavy atom. The third-order valence-corrected chi connectivity index (χ3v) is 20.4. The number of unbranched alkanes of at least 4 members (excludes halogenated alkanes) is 12. The first-order valence-corrected chi connectivity index (χ1v) is 42.8. The van der Waals surface area contributed by atoms with Gasteiger partial charge in [0.2, 0.25) is 0 Å². The van der Waals surface area contributed by atoms with E-state index in [1.54, 1.807) is 0 Å². The largest absolute Gasteiger partial charge is 0.491 e. The highest BCUT2D eigenvalue weighted by Gasteiger charge is 2.20. The predicted molar refractivity (Wildman–Crippen MR) is 480 cm³/mol. The molecule has 0 saturated heterocycles. The van der Waals surface area contributed by atoms with Gasteiger partial charge in [-0.2, -0.15) is 15.3 Å². The van der Waals surface area contributed by atoms with Gasteiger partial charge in [0.15, 0.2) is 17.2 Å². The number of anilines is 3. The molecule has 0 saturated carbocycles. The van der Waals surface area contributed by atoms with Crippen LogP contribution in [-0.4, -0.2) is 119 Å². The summed E-state index contributed by atoms with van der Waals surface area (Å²) in [6, 6.07) is 43.4. The summed E-state index contributed by atoms with van der Waals surface area (Å²) in [4.78, 5) is 40.6. The lowest BCUT2D eigenvalue weighted by atomic mass is 10.1. The molecule has 0 amide bonds. The molecule has 0 radical (unpaired) electrons. The lowest BCUT2D eigenvalue weighted by Crippen LogP contribution is -2.26. The molecule has 0 aliphatic heterocycles. The van der Waals surface area contributed by atoms with Crippen molar-refractivity contribution in [2.45, 2.75) is 195 Å². The molecular formula is C93H111N21O9. The van der Waals surface area contributed by atoms with Crippen LogP contribution in [0.1, 0.15) is 189 Å². The van der Waals surface area contributed by atoms with Gasteiger partial charge in [-0.15, -0.1) is 67.7 Å². The number of hydrogen-bond donors (Lipinski definition) is 0. The van der Waals surface area contributed by atoms with Crippen molar-refractivity contribution in [1.29, 1.82) is 0 Å². The summed E-state index contributed by atoms with van der Waals surface area (Å²) in [6.07, 6.45) is 43.8. The number of nitrogens with zero attached hydrogens (tertiary/aromatic N) is 21. The average molecular weight is 1670 g/mol. The molecule has 0 fully saturated rings. The standard InChI is InChI=1S/C93H111N21O9/c1-7-13-19-22-52-106(82-40-34-76(35-41-82)94-100-88-49-46-85(112(115)116)64-91(88)121-58-25-16-10-4)55-28-31-79-70-109(103-97-79)67-73-61-74(68-110-71-80(98-104-110)32-29-56-107(53-23-20-14-8-2)83-42-36-77(37-43-83)95-101-89-50-47-86(113(117)118)65-92(89)122-59-26-17-11-5)63-75(62-73)69-111-72-81(99-105-111)33-30-57-108(54-24-21-15-9-3)84-44-38-78(39-45-84)96-102-90-51-48-87(114(119)120)66-93(90)123-60-27-18-12-6/h4-6,34-51,61-66,70-72H,7-9,13-33,52-60,67-69H2,1-3H3. The molecule has 642 valence electrons. The van der Waals surface area contributed by atoms with E-state index in [1.807, 2.05) is 69.0 Å². The maximum atomic E-state index is 11.6. The Labute approximate surface area is 720 Å². The van der Waals surface area contributed by atoms with Crippen LogP contribution in [0.4, 0.5) is 68.2 Å². The minimum Gasteiger partial charge on any atom is -0.491 e. The number of ether oxygens (including phenoxy) is 3. The zero-order valence-corrected chi connectivity index (χ0v) is 70.8. The van der Waals surface area contributed by atoms with Crippen LogP contribution in [0, 0.1) is 67.4 Å². The topological polar surface area (TPSA) is 333 Å². The number of nitro benzene ring substituents is 3. The van der Waals surface area contributed by atoms with Crippen LogP contribution in [0.3, 0.4) is 0 Å². The van der Waals surface area contributed by atoms with Crippen LogP contribution in [-0.2, 0) is 38.9 Å². The molecule has 0 bridgehead atoms. The summed E-state index contributed by atoms with van der Waals surface area (Å²) < 4.78 is 23.3. The third-order valence-electron chi connectivity index (χ3n) is 20.4. The van der Waals surface area contributed by atoms with Gasteiger partial charge in [-0.25, -0.2) is 14.0 Å². The number of aromatic nitrogens is 9. The first-order chi connectivity index (χ1) is 60.2. The molecule has 7 aromatic carbocycles. The first kappa shape index (κ1) is 91.7. The second-order valence-corrected chi connectivity index (χ2v) is 30.2. The number of terminal acetylenes is 3. The summed E-state index contributed by atoms with van der Waals surface area (Å²) in [6.45, 7) is 14.0. The number of benzene rings is 7. The molecule has 0 unspecified atom stereocenters. The molecule has 10 rings (SSSR count). The van der Waals surface area contributed by atoms with Crippen molar-refractivity contribution in [3.8, 4) is 54.3 Å². The Kier molecular flexibility index (Phi) is 37.7. The Morgan fingerprint density at radius 3 is 0.886 bits per heavy atom. The summed E-state index contributed by atoms with van der Waals surface area (Å²) in [5, 5.41) is 89.7. The average Bonchev–Trinajstić information content (AvgIpc) is 1.74. The smallest absolute Gasteiger partial charge is 0.273 e. The van der Waals surface area contributed by atoms with Crippen molar-refractivity contribution in [2.24, 2.45) is 30.7 Å². The van der Waals surface area contributed by atoms with Gasteiger partial charge in [-0.1, -0.05) is 112 Å². The quantitative estimate of drug-likeness (QED) is 0.0112. The van der Waals surface area contributed by atoms with E-state index in [0.29, 0.717) is 92.3 Å². The van der Waals surface area contributed by atoms with Crippen LogP contribution >= 0.6 is 0 Å². The number of rotatable bonds is 57. The molecular weight excluding hydrogens is 1560 g/mol. The summed E-state index contributed by atoms with van der Waals surface area (Å²) in [5.41, 5.74) is 11.7. The summed E-state index contributed by atoms with van der Waals surface area (Å²) in [5.74, 6) is 8.56. The molecule has 0 atom stereocenters. The van der Waals surface area contributed by atoms with Crippen LogP contribution in [0.2, 0.25) is 0 Å². The molecule has 0 spiro atoms. The van der Waals surface area contributed by atoms with E-state index >= 15 is 0 Å². The van der Waals surface area contributed by atoms with E-state index in [1.165, 1.54) is 54.6 Å². The van der Waals surface area contributed by atoms with E-state index in [-0.39, 0.29) is 54.1 Å². The molecule has 30 nitrogen and oxygen atoms in total. The second kappa shape index (κ2) is 50.5. The maximum Gasteiger partial charge on any atom is 0.273 e. The van der Waals surface area contributed by atoms with Crippen molar-refractivity contribution in [3.63, 3.8) is 0 Å². The SMILES string of the molecule is C#CCCCOc1cc([N+](=O)[O-])ccc1N=Nc1ccc(N(CCCCCC)CCCc2cn(Cc3cc(Cn4cc(CCCN(CCCCCC)c5ccc(N=Nc6ccc([N+](=O)[O-])cc6OCCCC#C)cc5)nn4)cc(Cn4cc(CCCN(CCCCCC)c5ccc(N=Nc6ccc([N+](=O)[O-])cc6OCCCC#C)cc5)nn4)c3)nn2)cc1. The van der Waals surface area contributed by atoms with E-state index in [4.69, 9.17) is 48.8 Å². The van der Waals surface area contributed by atoms with Crippen molar-refractivity contribution >= 4 is 68.2 Å². The molecule has 30 heteroatoms. The van der Waals surface area contributed by atoms with Gasteiger partial charge in [0, 0.05) is 112 Å². The number of hydrogen-bond acceptors (Lipinski definition) is 24. The van der Waals surface area contributed by atoms with Gasteiger partial charge in [0.05, 0.1) is 107 Å². The maximum absolute atomic E-state index is 11.6. The lowest BCUT2D eigenvalue weighted by Gasteiger charge is -2.25. The Hall–Kier alpha value is -13.6. The highest BCUT2D eigenvalue weighted by Crippen LogP contribution is 2.38. The van der Waals surface area contributed by atoms with Gasteiger partial charge in [0.1, 0.15) is 17.1 Å². The van der Waals surface area contributed by atoms with Crippen molar-refractivity contribution in [2.75, 3.05) is 73.8 Å². The second-order valence-electron chi connectivity index (χ2n) is 30.2. The van der Waals surface area contributed by atoms with E-state index in [9.17, 15) is 30.3 Å². The fraction of sp³-hybridized carbons (Fsp3) is 0.419. The van der Waals surface area contributed by atoms with Crippen LogP contribution in [0.15, 0.2) is 195 Å². The molecule has 3 aromatic heterocycles. The third kappa shape index (κ3) is 30.9. The molecule has 10 aromatic rings. The number of non-ortho nitro benzene ring substituents is 3. The molecule has 0 aliphatic rings. The Bertz CT molecular complexity index is 4680. The van der Waals surface area contributed by atoms with Crippen LogP contribution < -0.4 is 28.9 Å². The Balaban J connectivity index is 0.817. The van der Waals surface area contributed by atoms with Gasteiger partial charge in [-0.05, 0) is 185 Å². The number of azo groups is 3. The fourth-order valence-electron chi connectivity index (χ4n) is 14.0. The van der Waals surface area contributed by atoms with Gasteiger partial charge in [-0.3, -0.25) is 30.3 Å². The van der Waals surface area contributed by atoms with E-state index < -0.39 is 14.8 Å².